The van der Waals surface area contributed by atoms with Crippen LogP contribution in [-0.2, 0) is 14.6 Å². The molecule has 0 saturated heterocycles. The Morgan fingerprint density at radius 1 is 1.50 bits per heavy atom. The number of sulfone groups is 1. The Kier molecular flexibility index (Phi) is 5.07. The Morgan fingerprint density at radius 2 is 2.00 bits per heavy atom. The lowest BCUT2D eigenvalue weighted by Gasteiger charge is -2.15. The molecule has 3 N–H and O–H groups in total. The van der Waals surface area contributed by atoms with Crippen LogP contribution in [0.15, 0.2) is 0 Å². The van der Waals surface area contributed by atoms with Crippen molar-refractivity contribution in [1.82, 2.24) is 5.32 Å². The molecule has 0 spiro atoms. The molecule has 2 atom stereocenters. The van der Waals surface area contributed by atoms with Crippen LogP contribution in [0.25, 0.3) is 0 Å². The maximum atomic E-state index is 11.2. The molecule has 0 aliphatic rings. The van der Waals surface area contributed by atoms with Crippen molar-refractivity contribution in [3.8, 4) is 0 Å². The molecule has 0 aromatic carbocycles. The average Bonchev–Trinajstić information content (AvgIpc) is 1.99. The van der Waals surface area contributed by atoms with Crippen LogP contribution in [0.1, 0.15) is 20.3 Å². The van der Waals surface area contributed by atoms with Gasteiger partial charge >= 0.3 is 0 Å². The normalized spacial score (nSPS) is 16.0. The Labute approximate surface area is 85.0 Å². The summed E-state index contributed by atoms with van der Waals surface area (Å²) in [6.45, 7) is 3.44. The molecule has 14 heavy (non-hydrogen) atoms. The number of carbonyl (C=O) groups is 1. The second-order valence-corrected chi connectivity index (χ2v) is 5.70. The largest absolute Gasteiger partial charge is 0.351 e. The summed E-state index contributed by atoms with van der Waals surface area (Å²) in [4.78, 5) is 11.2. The summed E-state index contributed by atoms with van der Waals surface area (Å²) in [7, 11) is -3.06. The first-order chi connectivity index (χ1) is 6.26. The number of amides is 1. The number of carbonyl (C=O) groups excluding carboxylic acids is 1. The second kappa shape index (κ2) is 5.31. The predicted octanol–water partition coefficient (Wildman–Crippen LogP) is -0.727. The molecule has 2 unspecified atom stereocenters. The molecule has 0 rings (SSSR count). The highest BCUT2D eigenvalue weighted by Crippen LogP contribution is 1.92. The molecule has 0 fully saturated rings. The molecular weight excluding hydrogens is 204 g/mol. The predicted molar refractivity (Wildman–Crippen MR) is 55.6 cm³/mol. The van der Waals surface area contributed by atoms with E-state index < -0.39 is 21.9 Å². The van der Waals surface area contributed by atoms with Crippen molar-refractivity contribution in [2.75, 3.05) is 12.0 Å². The van der Waals surface area contributed by atoms with Crippen molar-refractivity contribution < 1.29 is 13.2 Å². The van der Waals surface area contributed by atoms with Crippen molar-refractivity contribution in [2.24, 2.45) is 5.73 Å². The first-order valence-corrected chi connectivity index (χ1v) is 6.56. The first-order valence-electron chi connectivity index (χ1n) is 4.50. The second-order valence-electron chi connectivity index (χ2n) is 3.52. The maximum absolute atomic E-state index is 11.2. The molecule has 6 heteroatoms. The van der Waals surface area contributed by atoms with E-state index in [1.807, 2.05) is 0 Å². The van der Waals surface area contributed by atoms with Gasteiger partial charge in [-0.2, -0.15) is 0 Å². The lowest BCUT2D eigenvalue weighted by molar-refractivity contribution is -0.122. The van der Waals surface area contributed by atoms with Crippen molar-refractivity contribution >= 4 is 15.7 Å². The standard InChI is InChI=1S/C8H18N2O3S/c1-4-7(9)8(11)10-6(2)5-14(3,12)13/h6-7H,4-5,9H2,1-3H3,(H,10,11). The van der Waals surface area contributed by atoms with Crippen molar-refractivity contribution in [3.63, 3.8) is 0 Å². The van der Waals surface area contributed by atoms with Crippen molar-refractivity contribution in [1.29, 1.82) is 0 Å². The van der Waals surface area contributed by atoms with Crippen LogP contribution in [0.5, 0.6) is 0 Å². The zero-order chi connectivity index (χ0) is 11.4. The van der Waals surface area contributed by atoms with Gasteiger partial charge in [-0.3, -0.25) is 4.79 Å². The lowest BCUT2D eigenvalue weighted by atomic mass is 10.2. The van der Waals surface area contributed by atoms with E-state index in [2.05, 4.69) is 5.32 Å². The van der Waals surface area contributed by atoms with Gasteiger partial charge in [-0.1, -0.05) is 6.92 Å². The van der Waals surface area contributed by atoms with Gasteiger partial charge in [-0.05, 0) is 13.3 Å². The van der Waals surface area contributed by atoms with Gasteiger partial charge in [0.2, 0.25) is 5.91 Å². The van der Waals surface area contributed by atoms with Crippen LogP contribution >= 0.6 is 0 Å². The summed E-state index contributed by atoms with van der Waals surface area (Å²) < 4.78 is 21.8. The van der Waals surface area contributed by atoms with E-state index in [4.69, 9.17) is 5.73 Å². The molecular formula is C8H18N2O3S. The van der Waals surface area contributed by atoms with Gasteiger partial charge in [0.1, 0.15) is 9.84 Å². The third-order valence-corrected chi connectivity index (χ3v) is 2.82. The molecule has 1 amide bonds. The van der Waals surface area contributed by atoms with Gasteiger partial charge in [0.15, 0.2) is 0 Å². The van der Waals surface area contributed by atoms with Crippen LogP contribution in [0.4, 0.5) is 0 Å². The van der Waals surface area contributed by atoms with Gasteiger partial charge in [-0.25, -0.2) is 8.42 Å². The fraction of sp³-hybridized carbons (Fsp3) is 0.875. The van der Waals surface area contributed by atoms with E-state index in [0.717, 1.165) is 6.26 Å². The maximum Gasteiger partial charge on any atom is 0.237 e. The van der Waals surface area contributed by atoms with Crippen molar-refractivity contribution in [2.45, 2.75) is 32.4 Å². The molecule has 0 heterocycles. The SMILES string of the molecule is CCC(N)C(=O)NC(C)CS(C)(=O)=O. The van der Waals surface area contributed by atoms with Gasteiger partial charge < -0.3 is 11.1 Å². The van der Waals surface area contributed by atoms with Crippen LogP contribution in [-0.4, -0.2) is 38.4 Å². The first kappa shape index (κ1) is 13.4. The topological polar surface area (TPSA) is 89.3 Å². The lowest BCUT2D eigenvalue weighted by Crippen LogP contribution is -2.46. The van der Waals surface area contributed by atoms with E-state index in [0.29, 0.717) is 6.42 Å². The highest BCUT2D eigenvalue weighted by molar-refractivity contribution is 7.90. The number of hydrogen-bond donors (Lipinski definition) is 2. The zero-order valence-corrected chi connectivity index (χ0v) is 9.60. The summed E-state index contributed by atoms with van der Waals surface area (Å²) in [5.41, 5.74) is 5.47. The average molecular weight is 222 g/mol. The fourth-order valence-corrected chi connectivity index (χ4v) is 2.02. The summed E-state index contributed by atoms with van der Waals surface area (Å²) in [6, 6.07) is -0.952. The number of nitrogens with one attached hydrogen (secondary N) is 1. The Balaban J connectivity index is 4.07. The van der Waals surface area contributed by atoms with E-state index in [-0.39, 0.29) is 11.7 Å². The van der Waals surface area contributed by atoms with Gasteiger partial charge in [0.25, 0.3) is 0 Å². The van der Waals surface area contributed by atoms with Gasteiger partial charge in [0.05, 0.1) is 11.8 Å². The molecule has 0 aliphatic heterocycles. The minimum Gasteiger partial charge on any atom is -0.351 e. The van der Waals surface area contributed by atoms with E-state index in [9.17, 15) is 13.2 Å². The van der Waals surface area contributed by atoms with E-state index in [1.165, 1.54) is 0 Å². The zero-order valence-electron chi connectivity index (χ0n) is 8.78. The number of nitrogens with two attached hydrogens (primary N) is 1. The van der Waals surface area contributed by atoms with Crippen LogP contribution in [0, 0.1) is 0 Å². The molecule has 0 aromatic heterocycles. The van der Waals surface area contributed by atoms with E-state index >= 15 is 0 Å². The molecule has 5 nitrogen and oxygen atoms in total. The summed E-state index contributed by atoms with van der Waals surface area (Å²) >= 11 is 0. The summed E-state index contributed by atoms with van der Waals surface area (Å²) in [6.07, 6.45) is 1.67. The molecule has 0 aromatic rings. The quantitative estimate of drug-likeness (QED) is 0.642. The van der Waals surface area contributed by atoms with Crippen LogP contribution in [0.3, 0.4) is 0 Å². The Morgan fingerprint density at radius 3 is 2.36 bits per heavy atom. The third kappa shape index (κ3) is 5.93. The summed E-state index contributed by atoms with van der Waals surface area (Å²) in [5, 5.41) is 2.54. The third-order valence-electron chi connectivity index (χ3n) is 1.72. The van der Waals surface area contributed by atoms with E-state index in [1.54, 1.807) is 13.8 Å². The highest BCUT2D eigenvalue weighted by Gasteiger charge is 2.16. The fourth-order valence-electron chi connectivity index (χ4n) is 1.03. The Hall–Kier alpha value is -0.620. The van der Waals surface area contributed by atoms with Gasteiger partial charge in [-0.15, -0.1) is 0 Å². The van der Waals surface area contributed by atoms with Crippen LogP contribution in [0.2, 0.25) is 0 Å². The highest BCUT2D eigenvalue weighted by atomic mass is 32.2. The molecule has 0 aliphatic carbocycles. The minimum atomic E-state index is -3.06. The molecule has 0 radical (unpaired) electrons. The molecule has 84 valence electrons. The minimum absolute atomic E-state index is 0.0603. The van der Waals surface area contributed by atoms with Gasteiger partial charge in [0, 0.05) is 12.3 Å². The Bertz CT molecular complexity index is 287. The molecule has 0 bridgehead atoms. The number of rotatable bonds is 5. The van der Waals surface area contributed by atoms with Crippen LogP contribution < -0.4 is 11.1 Å². The van der Waals surface area contributed by atoms with Crippen molar-refractivity contribution in [3.05, 3.63) is 0 Å². The molecule has 0 saturated carbocycles. The smallest absolute Gasteiger partial charge is 0.237 e. The monoisotopic (exact) mass is 222 g/mol. The number of hydrogen-bond acceptors (Lipinski definition) is 4. The summed E-state index contributed by atoms with van der Waals surface area (Å²) in [5.74, 6) is -0.363.